The van der Waals surface area contributed by atoms with E-state index in [0.717, 1.165) is 12.8 Å². The summed E-state index contributed by atoms with van der Waals surface area (Å²) in [6.45, 7) is 6.07. The summed E-state index contributed by atoms with van der Waals surface area (Å²) in [4.78, 5) is 0. The highest BCUT2D eigenvalue weighted by atomic mass is 16.3. The van der Waals surface area contributed by atoms with Gasteiger partial charge in [-0.2, -0.15) is 0 Å². The lowest BCUT2D eigenvalue weighted by Gasteiger charge is -2.14. The van der Waals surface area contributed by atoms with E-state index in [4.69, 9.17) is 0 Å². The summed E-state index contributed by atoms with van der Waals surface area (Å²) >= 11 is 0. The lowest BCUT2D eigenvalue weighted by molar-refractivity contribution is 0.130. The zero-order valence-corrected chi connectivity index (χ0v) is 9.33. The zero-order chi connectivity index (χ0) is 10.6. The summed E-state index contributed by atoms with van der Waals surface area (Å²) < 4.78 is 0. The van der Waals surface area contributed by atoms with Crippen LogP contribution in [0.1, 0.15) is 31.4 Å². The fourth-order valence-corrected chi connectivity index (χ4v) is 1.50. The van der Waals surface area contributed by atoms with Crippen LogP contribution in [0.2, 0.25) is 0 Å². The van der Waals surface area contributed by atoms with Crippen molar-refractivity contribution in [2.24, 2.45) is 5.92 Å². The molecule has 1 aromatic rings. The van der Waals surface area contributed by atoms with Crippen molar-refractivity contribution in [2.45, 2.75) is 39.7 Å². The van der Waals surface area contributed by atoms with Gasteiger partial charge in [0.25, 0.3) is 0 Å². The van der Waals surface area contributed by atoms with Crippen LogP contribution in [0.4, 0.5) is 0 Å². The van der Waals surface area contributed by atoms with E-state index in [2.05, 4.69) is 38.1 Å². The number of aliphatic hydroxyl groups excluding tert-OH is 1. The predicted octanol–water partition coefficient (Wildman–Crippen LogP) is 2.94. The lowest BCUT2D eigenvalue weighted by atomic mass is 9.96. The molecule has 1 heteroatoms. The molecule has 0 aliphatic carbocycles. The summed E-state index contributed by atoms with van der Waals surface area (Å²) in [5, 5.41) is 9.35. The SMILES string of the molecule is Cc1cccc(CCC(C)C(C)O)c1. The highest BCUT2D eigenvalue weighted by Crippen LogP contribution is 2.13. The smallest absolute Gasteiger partial charge is 0.0537 e. The third kappa shape index (κ3) is 3.51. The van der Waals surface area contributed by atoms with Gasteiger partial charge in [-0.25, -0.2) is 0 Å². The monoisotopic (exact) mass is 192 g/mol. The maximum atomic E-state index is 9.35. The molecule has 0 aromatic heterocycles. The third-order valence-electron chi connectivity index (χ3n) is 2.79. The van der Waals surface area contributed by atoms with Crippen LogP contribution in [0, 0.1) is 12.8 Å². The van der Waals surface area contributed by atoms with Crippen LogP contribution in [0.25, 0.3) is 0 Å². The van der Waals surface area contributed by atoms with Gasteiger partial charge in [0.2, 0.25) is 0 Å². The molecule has 1 rings (SSSR count). The first kappa shape index (κ1) is 11.3. The molecular weight excluding hydrogens is 172 g/mol. The first-order chi connectivity index (χ1) is 6.59. The Morgan fingerprint density at radius 2 is 2.00 bits per heavy atom. The molecule has 78 valence electrons. The Kier molecular flexibility index (Phi) is 4.15. The Morgan fingerprint density at radius 3 is 2.57 bits per heavy atom. The number of hydrogen-bond acceptors (Lipinski definition) is 1. The summed E-state index contributed by atoms with van der Waals surface area (Å²) in [6.07, 6.45) is 1.93. The summed E-state index contributed by atoms with van der Waals surface area (Å²) in [5.41, 5.74) is 2.68. The maximum absolute atomic E-state index is 9.35. The first-order valence-electron chi connectivity index (χ1n) is 5.33. The van der Waals surface area contributed by atoms with E-state index in [9.17, 15) is 5.11 Å². The van der Waals surface area contributed by atoms with Gasteiger partial charge in [-0.1, -0.05) is 36.8 Å². The molecule has 0 heterocycles. The molecule has 0 fully saturated rings. The van der Waals surface area contributed by atoms with Crippen LogP contribution in [-0.2, 0) is 6.42 Å². The van der Waals surface area contributed by atoms with Crippen LogP contribution in [-0.4, -0.2) is 11.2 Å². The van der Waals surface area contributed by atoms with Crippen molar-refractivity contribution in [1.82, 2.24) is 0 Å². The van der Waals surface area contributed by atoms with E-state index in [1.54, 1.807) is 0 Å². The van der Waals surface area contributed by atoms with E-state index in [0.29, 0.717) is 5.92 Å². The Labute approximate surface area is 86.8 Å². The molecule has 0 spiro atoms. The van der Waals surface area contributed by atoms with E-state index in [1.807, 2.05) is 6.92 Å². The van der Waals surface area contributed by atoms with Gasteiger partial charge in [-0.3, -0.25) is 0 Å². The van der Waals surface area contributed by atoms with Gasteiger partial charge >= 0.3 is 0 Å². The van der Waals surface area contributed by atoms with Crippen molar-refractivity contribution in [3.05, 3.63) is 35.4 Å². The second-order valence-electron chi connectivity index (χ2n) is 4.25. The zero-order valence-electron chi connectivity index (χ0n) is 9.33. The highest BCUT2D eigenvalue weighted by molar-refractivity contribution is 5.22. The fourth-order valence-electron chi connectivity index (χ4n) is 1.50. The molecule has 0 radical (unpaired) electrons. The Bertz CT molecular complexity index is 278. The second kappa shape index (κ2) is 5.16. The standard InChI is InChI=1S/C13H20O/c1-10-5-4-6-13(9-10)8-7-11(2)12(3)14/h4-6,9,11-12,14H,7-8H2,1-3H3. The Hall–Kier alpha value is -0.820. The van der Waals surface area contributed by atoms with Gasteiger partial charge in [0.1, 0.15) is 0 Å². The average molecular weight is 192 g/mol. The summed E-state index contributed by atoms with van der Waals surface area (Å²) in [7, 11) is 0. The van der Waals surface area contributed by atoms with Crippen LogP contribution < -0.4 is 0 Å². The van der Waals surface area contributed by atoms with Crippen molar-refractivity contribution in [2.75, 3.05) is 0 Å². The predicted molar refractivity (Wildman–Crippen MR) is 60.3 cm³/mol. The van der Waals surface area contributed by atoms with Gasteiger partial charge in [-0.05, 0) is 38.2 Å². The topological polar surface area (TPSA) is 20.2 Å². The van der Waals surface area contributed by atoms with Gasteiger partial charge in [0, 0.05) is 0 Å². The molecule has 0 aliphatic heterocycles. The molecule has 2 unspecified atom stereocenters. The van der Waals surface area contributed by atoms with Gasteiger partial charge in [0.05, 0.1) is 6.10 Å². The van der Waals surface area contributed by atoms with Crippen LogP contribution >= 0.6 is 0 Å². The number of rotatable bonds is 4. The van der Waals surface area contributed by atoms with Gasteiger partial charge in [0.15, 0.2) is 0 Å². The second-order valence-corrected chi connectivity index (χ2v) is 4.25. The van der Waals surface area contributed by atoms with E-state index < -0.39 is 0 Å². The summed E-state index contributed by atoms with van der Waals surface area (Å²) in [6, 6.07) is 8.58. The molecule has 0 bridgehead atoms. The minimum atomic E-state index is -0.195. The number of benzene rings is 1. The Morgan fingerprint density at radius 1 is 1.29 bits per heavy atom. The molecule has 14 heavy (non-hydrogen) atoms. The first-order valence-corrected chi connectivity index (χ1v) is 5.33. The highest BCUT2D eigenvalue weighted by Gasteiger charge is 2.08. The minimum absolute atomic E-state index is 0.195. The normalized spacial score (nSPS) is 15.1. The fraction of sp³-hybridized carbons (Fsp3) is 0.538. The van der Waals surface area contributed by atoms with Crippen molar-refractivity contribution >= 4 is 0 Å². The van der Waals surface area contributed by atoms with Crippen LogP contribution in [0.3, 0.4) is 0 Å². The van der Waals surface area contributed by atoms with E-state index in [1.165, 1.54) is 11.1 Å². The molecule has 0 saturated carbocycles. The molecule has 1 aromatic carbocycles. The summed E-state index contributed by atoms with van der Waals surface area (Å²) in [5.74, 6) is 0.385. The lowest BCUT2D eigenvalue weighted by Crippen LogP contribution is -2.13. The Balaban J connectivity index is 2.45. The van der Waals surface area contributed by atoms with Gasteiger partial charge < -0.3 is 5.11 Å². The van der Waals surface area contributed by atoms with Crippen molar-refractivity contribution in [3.8, 4) is 0 Å². The molecule has 2 atom stereocenters. The van der Waals surface area contributed by atoms with Crippen molar-refractivity contribution < 1.29 is 5.11 Å². The van der Waals surface area contributed by atoms with Gasteiger partial charge in [-0.15, -0.1) is 0 Å². The number of aliphatic hydroxyl groups is 1. The van der Waals surface area contributed by atoms with E-state index in [-0.39, 0.29) is 6.10 Å². The van der Waals surface area contributed by atoms with Crippen LogP contribution in [0.5, 0.6) is 0 Å². The van der Waals surface area contributed by atoms with E-state index >= 15 is 0 Å². The molecule has 0 aliphatic rings. The largest absolute Gasteiger partial charge is 0.393 e. The van der Waals surface area contributed by atoms with Crippen molar-refractivity contribution in [3.63, 3.8) is 0 Å². The average Bonchev–Trinajstić information content (AvgIpc) is 2.14. The number of aryl methyl sites for hydroxylation is 2. The van der Waals surface area contributed by atoms with Crippen molar-refractivity contribution in [1.29, 1.82) is 0 Å². The molecule has 1 N–H and O–H groups in total. The van der Waals surface area contributed by atoms with Crippen LogP contribution in [0.15, 0.2) is 24.3 Å². The quantitative estimate of drug-likeness (QED) is 0.777. The third-order valence-corrected chi connectivity index (χ3v) is 2.79. The molecule has 1 nitrogen and oxygen atoms in total. The molecular formula is C13H20O. The molecule has 0 amide bonds. The number of hydrogen-bond donors (Lipinski definition) is 1. The molecule has 0 saturated heterocycles. The minimum Gasteiger partial charge on any atom is -0.393 e. The maximum Gasteiger partial charge on any atom is 0.0537 e.